The van der Waals surface area contributed by atoms with Crippen molar-refractivity contribution in [2.24, 2.45) is 5.11 Å². The second kappa shape index (κ2) is 4.40. The van der Waals surface area contributed by atoms with Crippen molar-refractivity contribution in [2.45, 2.75) is 51.3 Å². The van der Waals surface area contributed by atoms with Crippen LogP contribution in [0.1, 0.15) is 33.6 Å². The van der Waals surface area contributed by atoms with E-state index in [0.717, 1.165) is 0 Å². The van der Waals surface area contributed by atoms with Crippen LogP contribution >= 0.6 is 0 Å². The van der Waals surface area contributed by atoms with Crippen molar-refractivity contribution in [3.63, 3.8) is 0 Å². The maximum Gasteiger partial charge on any atom is 0.407 e. The number of carbonyl (C=O) groups excluding carboxylic acids is 1. The molecule has 6 nitrogen and oxygen atoms in total. The molecule has 0 aromatic rings. The number of ether oxygens (including phenoxy) is 1. The van der Waals surface area contributed by atoms with E-state index in [4.69, 9.17) is 10.3 Å². The average molecular weight is 212 g/mol. The van der Waals surface area contributed by atoms with Crippen LogP contribution < -0.4 is 5.32 Å². The van der Waals surface area contributed by atoms with E-state index in [1.54, 1.807) is 0 Å². The van der Waals surface area contributed by atoms with Crippen molar-refractivity contribution >= 4 is 6.09 Å². The van der Waals surface area contributed by atoms with Crippen molar-refractivity contribution < 1.29 is 9.53 Å². The van der Waals surface area contributed by atoms with Crippen LogP contribution in [0.2, 0.25) is 0 Å². The minimum absolute atomic E-state index is 0.0231. The zero-order valence-corrected chi connectivity index (χ0v) is 9.23. The zero-order valence-electron chi connectivity index (χ0n) is 9.23. The quantitative estimate of drug-likeness (QED) is 0.432. The van der Waals surface area contributed by atoms with Gasteiger partial charge in [-0.15, -0.1) is 0 Å². The van der Waals surface area contributed by atoms with Crippen LogP contribution in [-0.2, 0) is 4.74 Å². The molecule has 0 unspecified atom stereocenters. The summed E-state index contributed by atoms with van der Waals surface area (Å²) in [5, 5.41) is 6.27. The highest BCUT2D eigenvalue weighted by Crippen LogP contribution is 2.23. The standard InChI is InChI=1S/C9H16N4O2/c1-9(2,3)15-8(14)11-6-4-7(5-6)12-13-10/h6-7H,4-5H2,1-3H3,(H,11,14). The summed E-state index contributed by atoms with van der Waals surface area (Å²) in [6.45, 7) is 5.45. The van der Waals surface area contributed by atoms with Crippen molar-refractivity contribution in [2.75, 3.05) is 0 Å². The maximum absolute atomic E-state index is 11.3. The summed E-state index contributed by atoms with van der Waals surface area (Å²) >= 11 is 0. The molecule has 1 rings (SSSR count). The number of nitrogens with zero attached hydrogens (tertiary/aromatic N) is 3. The predicted octanol–water partition coefficient (Wildman–Crippen LogP) is 2.35. The molecule has 1 fully saturated rings. The van der Waals surface area contributed by atoms with Crippen LogP contribution in [0.15, 0.2) is 5.11 Å². The lowest BCUT2D eigenvalue weighted by Crippen LogP contribution is -2.47. The molecule has 1 amide bonds. The average Bonchev–Trinajstić information content (AvgIpc) is 1.97. The van der Waals surface area contributed by atoms with Gasteiger partial charge in [-0.1, -0.05) is 5.11 Å². The van der Waals surface area contributed by atoms with E-state index < -0.39 is 11.7 Å². The molecule has 0 heterocycles. The van der Waals surface area contributed by atoms with Crippen LogP contribution in [0.3, 0.4) is 0 Å². The lowest BCUT2D eigenvalue weighted by molar-refractivity contribution is 0.0473. The Morgan fingerprint density at radius 3 is 2.60 bits per heavy atom. The zero-order chi connectivity index (χ0) is 11.5. The lowest BCUT2D eigenvalue weighted by atomic mass is 9.88. The van der Waals surface area contributed by atoms with Crippen LogP contribution in [0.5, 0.6) is 0 Å². The van der Waals surface area contributed by atoms with Gasteiger partial charge in [0.25, 0.3) is 0 Å². The van der Waals surface area contributed by atoms with Gasteiger partial charge in [0.15, 0.2) is 0 Å². The molecule has 0 spiro atoms. The van der Waals surface area contributed by atoms with Gasteiger partial charge >= 0.3 is 6.09 Å². The van der Waals surface area contributed by atoms with Crippen LogP contribution in [0, 0.1) is 0 Å². The third kappa shape index (κ3) is 4.08. The van der Waals surface area contributed by atoms with Gasteiger partial charge in [-0.05, 0) is 39.1 Å². The summed E-state index contributed by atoms with van der Waals surface area (Å²) in [6, 6.07) is 0.102. The first kappa shape index (κ1) is 11.7. The lowest BCUT2D eigenvalue weighted by Gasteiger charge is -2.33. The number of hydrogen-bond donors (Lipinski definition) is 1. The molecule has 1 saturated carbocycles. The van der Waals surface area contributed by atoms with E-state index >= 15 is 0 Å². The number of rotatable bonds is 2. The van der Waals surface area contributed by atoms with Crippen LogP contribution in [-0.4, -0.2) is 23.8 Å². The van der Waals surface area contributed by atoms with E-state index in [1.165, 1.54) is 0 Å². The molecular formula is C9H16N4O2. The number of hydrogen-bond acceptors (Lipinski definition) is 3. The van der Waals surface area contributed by atoms with Gasteiger partial charge in [-0.25, -0.2) is 4.79 Å². The molecule has 0 radical (unpaired) electrons. The van der Waals surface area contributed by atoms with E-state index in [2.05, 4.69) is 15.3 Å². The fourth-order valence-corrected chi connectivity index (χ4v) is 1.35. The SMILES string of the molecule is CC(C)(C)OC(=O)NC1CC(N=[N+]=[N-])C1. The fraction of sp³-hybridized carbons (Fsp3) is 0.889. The molecule has 1 aliphatic rings. The fourth-order valence-electron chi connectivity index (χ4n) is 1.35. The Labute approximate surface area is 88.6 Å². The van der Waals surface area contributed by atoms with Crippen molar-refractivity contribution in [3.8, 4) is 0 Å². The first-order valence-electron chi connectivity index (χ1n) is 4.94. The molecule has 84 valence electrons. The Morgan fingerprint density at radius 1 is 1.53 bits per heavy atom. The first-order valence-corrected chi connectivity index (χ1v) is 4.94. The second-order valence-electron chi connectivity index (χ2n) is 4.67. The van der Waals surface area contributed by atoms with Crippen LogP contribution in [0.4, 0.5) is 4.79 Å². The van der Waals surface area contributed by atoms with Gasteiger partial charge in [0, 0.05) is 17.0 Å². The minimum Gasteiger partial charge on any atom is -0.444 e. The molecule has 0 saturated heterocycles. The maximum atomic E-state index is 11.3. The van der Waals surface area contributed by atoms with Crippen molar-refractivity contribution in [1.29, 1.82) is 0 Å². The highest BCUT2D eigenvalue weighted by Gasteiger charge is 2.30. The Morgan fingerprint density at radius 2 is 2.13 bits per heavy atom. The number of azide groups is 1. The van der Waals surface area contributed by atoms with Gasteiger partial charge < -0.3 is 10.1 Å². The highest BCUT2D eigenvalue weighted by atomic mass is 16.6. The topological polar surface area (TPSA) is 87.1 Å². The summed E-state index contributed by atoms with van der Waals surface area (Å²) in [7, 11) is 0. The number of alkyl carbamates (subject to hydrolysis) is 1. The minimum atomic E-state index is -0.474. The van der Waals surface area contributed by atoms with E-state index in [1.807, 2.05) is 20.8 Å². The largest absolute Gasteiger partial charge is 0.444 e. The second-order valence-corrected chi connectivity index (χ2v) is 4.67. The number of carbonyl (C=O) groups is 1. The smallest absolute Gasteiger partial charge is 0.407 e. The number of nitrogens with one attached hydrogen (secondary N) is 1. The molecule has 0 aromatic carbocycles. The van der Waals surface area contributed by atoms with E-state index in [9.17, 15) is 4.79 Å². The third-order valence-electron chi connectivity index (χ3n) is 2.05. The summed E-state index contributed by atoms with van der Waals surface area (Å²) in [6.07, 6.45) is 0.985. The van der Waals surface area contributed by atoms with Gasteiger partial charge in [-0.3, -0.25) is 0 Å². The van der Waals surface area contributed by atoms with Gasteiger partial charge in [0.2, 0.25) is 0 Å². The molecular weight excluding hydrogens is 196 g/mol. The summed E-state index contributed by atoms with van der Waals surface area (Å²) in [5.74, 6) is 0. The molecule has 1 N–H and O–H groups in total. The van der Waals surface area contributed by atoms with Gasteiger partial charge in [0.1, 0.15) is 5.60 Å². The van der Waals surface area contributed by atoms with E-state index in [-0.39, 0.29) is 12.1 Å². The summed E-state index contributed by atoms with van der Waals surface area (Å²) in [5.41, 5.74) is 7.69. The van der Waals surface area contributed by atoms with Gasteiger partial charge in [0.05, 0.1) is 0 Å². The van der Waals surface area contributed by atoms with Crippen LogP contribution in [0.25, 0.3) is 10.4 Å². The first-order chi connectivity index (χ1) is 6.90. The Balaban J connectivity index is 2.22. The third-order valence-corrected chi connectivity index (χ3v) is 2.05. The van der Waals surface area contributed by atoms with Crippen molar-refractivity contribution in [3.05, 3.63) is 10.4 Å². The Hall–Kier alpha value is -1.42. The monoisotopic (exact) mass is 212 g/mol. The Bertz CT molecular complexity index is 285. The molecule has 0 aliphatic heterocycles. The van der Waals surface area contributed by atoms with E-state index in [0.29, 0.717) is 12.8 Å². The van der Waals surface area contributed by atoms with Gasteiger partial charge in [-0.2, -0.15) is 0 Å². The highest BCUT2D eigenvalue weighted by molar-refractivity contribution is 5.68. The predicted molar refractivity (Wildman–Crippen MR) is 55.3 cm³/mol. The normalized spacial score (nSPS) is 24.7. The van der Waals surface area contributed by atoms with Crippen molar-refractivity contribution in [1.82, 2.24) is 5.32 Å². The molecule has 1 aliphatic carbocycles. The molecule has 0 atom stereocenters. The summed E-state index contributed by atoms with van der Waals surface area (Å²) in [4.78, 5) is 14.0. The molecule has 6 heteroatoms. The molecule has 0 aromatic heterocycles. The molecule has 15 heavy (non-hydrogen) atoms. The number of amides is 1. The summed E-state index contributed by atoms with van der Waals surface area (Å²) < 4.78 is 5.09. The Kier molecular flexibility index (Phi) is 3.42. The molecule has 0 bridgehead atoms.